The molecule has 0 aromatic heterocycles. The highest BCUT2D eigenvalue weighted by Crippen LogP contribution is 2.29. The van der Waals surface area contributed by atoms with Gasteiger partial charge in [-0.25, -0.2) is 0 Å². The van der Waals surface area contributed by atoms with Crippen LogP contribution < -0.4 is 10.2 Å². The third kappa shape index (κ3) is 2.95. The van der Waals surface area contributed by atoms with Gasteiger partial charge in [-0.2, -0.15) is 0 Å². The van der Waals surface area contributed by atoms with Crippen LogP contribution in [0.5, 0.6) is 0 Å². The van der Waals surface area contributed by atoms with Gasteiger partial charge < -0.3 is 10.2 Å². The number of piperidine rings is 1. The first kappa shape index (κ1) is 13.0. The number of rotatable bonds is 3. The molecule has 1 amide bonds. The lowest BCUT2D eigenvalue weighted by molar-refractivity contribution is -0.116. The van der Waals surface area contributed by atoms with Crippen LogP contribution in [0.15, 0.2) is 24.3 Å². The summed E-state index contributed by atoms with van der Waals surface area (Å²) in [7, 11) is 0. The van der Waals surface area contributed by atoms with E-state index in [0.29, 0.717) is 11.0 Å². The highest BCUT2D eigenvalue weighted by Gasteiger charge is 2.25. The van der Waals surface area contributed by atoms with E-state index in [1.807, 2.05) is 22.7 Å². The molecule has 0 bridgehead atoms. The van der Waals surface area contributed by atoms with Crippen molar-refractivity contribution in [1.29, 1.82) is 0 Å². The van der Waals surface area contributed by atoms with E-state index < -0.39 is 0 Å². The maximum absolute atomic E-state index is 12.3. The Bertz CT molecular complexity index is 457. The minimum Gasteiger partial charge on any atom is -0.317 e. The number of anilines is 1. The Morgan fingerprint density at radius 1 is 1.32 bits per heavy atom. The fourth-order valence-electron chi connectivity index (χ4n) is 2.83. The van der Waals surface area contributed by atoms with Gasteiger partial charge in [0, 0.05) is 17.5 Å². The number of carbonyl (C=O) groups is 1. The summed E-state index contributed by atoms with van der Waals surface area (Å²) in [4.78, 5) is 14.3. The van der Waals surface area contributed by atoms with Crippen molar-refractivity contribution in [3.05, 3.63) is 29.8 Å². The minimum absolute atomic E-state index is 0.272. The molecule has 1 saturated heterocycles. The molecule has 2 aliphatic heterocycles. The van der Waals surface area contributed by atoms with E-state index >= 15 is 0 Å². The van der Waals surface area contributed by atoms with Crippen molar-refractivity contribution in [3.63, 3.8) is 0 Å². The first-order chi connectivity index (χ1) is 9.34. The Balaban J connectivity index is 1.56. The van der Waals surface area contributed by atoms with Gasteiger partial charge in [-0.3, -0.25) is 4.79 Å². The second kappa shape index (κ2) is 5.97. The third-order valence-corrected chi connectivity index (χ3v) is 5.27. The topological polar surface area (TPSA) is 32.3 Å². The quantitative estimate of drug-likeness (QED) is 0.917. The van der Waals surface area contributed by atoms with Gasteiger partial charge in [-0.15, -0.1) is 11.8 Å². The zero-order chi connectivity index (χ0) is 13.1. The van der Waals surface area contributed by atoms with Crippen LogP contribution in [0.25, 0.3) is 0 Å². The molecular formula is C15H20N2OS. The molecule has 102 valence electrons. The molecule has 3 rings (SSSR count). The van der Waals surface area contributed by atoms with Crippen molar-refractivity contribution in [1.82, 2.24) is 5.32 Å². The molecule has 4 heteroatoms. The molecule has 2 aliphatic rings. The van der Waals surface area contributed by atoms with Crippen LogP contribution in [0.3, 0.4) is 0 Å². The smallest absolute Gasteiger partial charge is 0.237 e. The van der Waals surface area contributed by atoms with Crippen LogP contribution in [0.2, 0.25) is 0 Å². The molecular weight excluding hydrogens is 256 g/mol. The van der Waals surface area contributed by atoms with Crippen LogP contribution in [-0.2, 0) is 11.2 Å². The fourth-order valence-corrected chi connectivity index (χ4v) is 3.93. The number of thioether (sulfide) groups is 1. The lowest BCUT2D eigenvalue weighted by atomic mass is 10.2. The molecule has 3 nitrogen and oxygen atoms in total. The number of para-hydroxylation sites is 1. The Morgan fingerprint density at radius 2 is 2.11 bits per heavy atom. The number of carbonyl (C=O) groups excluding carboxylic acids is 1. The van der Waals surface area contributed by atoms with E-state index in [-0.39, 0.29) is 5.91 Å². The van der Waals surface area contributed by atoms with Crippen molar-refractivity contribution < 1.29 is 4.79 Å². The van der Waals surface area contributed by atoms with Crippen LogP contribution in [-0.4, -0.2) is 36.5 Å². The van der Waals surface area contributed by atoms with Gasteiger partial charge in [0.05, 0.1) is 5.75 Å². The van der Waals surface area contributed by atoms with Crippen LogP contribution >= 0.6 is 11.8 Å². The lowest BCUT2D eigenvalue weighted by Crippen LogP contribution is -2.33. The van der Waals surface area contributed by atoms with E-state index in [4.69, 9.17) is 0 Å². The van der Waals surface area contributed by atoms with Gasteiger partial charge in [0.15, 0.2) is 0 Å². The Hall–Kier alpha value is -1.00. The molecule has 0 atom stereocenters. The average Bonchev–Trinajstić information content (AvgIpc) is 2.90. The summed E-state index contributed by atoms with van der Waals surface area (Å²) in [5.41, 5.74) is 2.43. The molecule has 0 aliphatic carbocycles. The van der Waals surface area contributed by atoms with Gasteiger partial charge >= 0.3 is 0 Å². The number of fused-ring (bicyclic) bond motifs is 1. The SMILES string of the molecule is O=C(CSC1CCNCC1)N1CCc2ccccc21. The summed E-state index contributed by atoms with van der Waals surface area (Å²) in [5, 5.41) is 4.02. The number of benzene rings is 1. The zero-order valence-corrected chi connectivity index (χ0v) is 11.9. The van der Waals surface area contributed by atoms with Gasteiger partial charge in [0.1, 0.15) is 0 Å². The van der Waals surface area contributed by atoms with E-state index in [0.717, 1.165) is 31.7 Å². The van der Waals surface area contributed by atoms with Crippen molar-refractivity contribution in [2.45, 2.75) is 24.5 Å². The van der Waals surface area contributed by atoms with Crippen molar-refractivity contribution in [2.75, 3.05) is 30.3 Å². The average molecular weight is 276 g/mol. The maximum Gasteiger partial charge on any atom is 0.237 e. The van der Waals surface area contributed by atoms with E-state index in [9.17, 15) is 4.79 Å². The Labute approximate surface area is 118 Å². The lowest BCUT2D eigenvalue weighted by Gasteiger charge is -2.23. The molecule has 1 aromatic rings. The molecule has 1 fully saturated rings. The third-order valence-electron chi connectivity index (χ3n) is 3.92. The monoisotopic (exact) mass is 276 g/mol. The molecule has 2 heterocycles. The van der Waals surface area contributed by atoms with Crippen molar-refractivity contribution >= 4 is 23.4 Å². The van der Waals surface area contributed by atoms with Gasteiger partial charge in [-0.1, -0.05) is 18.2 Å². The molecule has 19 heavy (non-hydrogen) atoms. The number of nitrogens with zero attached hydrogens (tertiary/aromatic N) is 1. The molecule has 1 N–H and O–H groups in total. The summed E-state index contributed by atoms with van der Waals surface area (Å²) in [5.74, 6) is 0.896. The van der Waals surface area contributed by atoms with Crippen LogP contribution in [0.1, 0.15) is 18.4 Å². The minimum atomic E-state index is 0.272. The van der Waals surface area contributed by atoms with E-state index in [2.05, 4.69) is 23.5 Å². The molecule has 0 spiro atoms. The summed E-state index contributed by atoms with van der Waals surface area (Å²) < 4.78 is 0. The first-order valence-corrected chi connectivity index (χ1v) is 8.10. The molecule has 0 unspecified atom stereocenters. The summed E-state index contributed by atoms with van der Waals surface area (Å²) in [6.07, 6.45) is 3.38. The second-order valence-corrected chi connectivity index (χ2v) is 6.47. The molecule has 1 aromatic carbocycles. The van der Waals surface area contributed by atoms with E-state index in [1.165, 1.54) is 18.4 Å². The summed E-state index contributed by atoms with van der Waals surface area (Å²) in [6, 6.07) is 8.26. The maximum atomic E-state index is 12.3. The summed E-state index contributed by atoms with van der Waals surface area (Å²) in [6.45, 7) is 3.04. The Kier molecular flexibility index (Phi) is 4.09. The number of hydrogen-bond donors (Lipinski definition) is 1. The summed E-state index contributed by atoms with van der Waals surface area (Å²) >= 11 is 1.84. The van der Waals surface area contributed by atoms with Crippen molar-refractivity contribution in [2.24, 2.45) is 0 Å². The number of nitrogens with one attached hydrogen (secondary N) is 1. The predicted octanol–water partition coefficient (Wildman–Crippen LogP) is 2.06. The largest absolute Gasteiger partial charge is 0.317 e. The number of hydrogen-bond acceptors (Lipinski definition) is 3. The second-order valence-electron chi connectivity index (χ2n) is 5.18. The van der Waals surface area contributed by atoms with Gasteiger partial charge in [0.2, 0.25) is 5.91 Å². The zero-order valence-electron chi connectivity index (χ0n) is 11.1. The first-order valence-electron chi connectivity index (χ1n) is 7.05. The number of amides is 1. The fraction of sp³-hybridized carbons (Fsp3) is 0.533. The molecule has 0 saturated carbocycles. The molecule has 0 radical (unpaired) electrons. The van der Waals surface area contributed by atoms with E-state index in [1.54, 1.807) is 0 Å². The Morgan fingerprint density at radius 3 is 2.95 bits per heavy atom. The van der Waals surface area contributed by atoms with Gasteiger partial charge in [-0.05, 0) is 44.0 Å². The standard InChI is InChI=1S/C15H20N2OS/c18-15(11-19-13-5-8-16-9-6-13)17-10-7-12-3-1-2-4-14(12)17/h1-4,13,16H,5-11H2. The highest BCUT2D eigenvalue weighted by molar-refractivity contribution is 8.00. The van der Waals surface area contributed by atoms with Crippen LogP contribution in [0, 0.1) is 0 Å². The van der Waals surface area contributed by atoms with Gasteiger partial charge in [0.25, 0.3) is 0 Å². The normalized spacial score (nSPS) is 19.5. The van der Waals surface area contributed by atoms with Crippen molar-refractivity contribution in [3.8, 4) is 0 Å². The van der Waals surface area contributed by atoms with Crippen LogP contribution in [0.4, 0.5) is 5.69 Å². The highest BCUT2D eigenvalue weighted by atomic mass is 32.2. The predicted molar refractivity (Wildman–Crippen MR) is 80.8 cm³/mol.